The Bertz CT molecular complexity index is 601. The van der Waals surface area contributed by atoms with E-state index in [0.29, 0.717) is 12.1 Å². The minimum atomic E-state index is -0.238. The van der Waals surface area contributed by atoms with Crippen molar-refractivity contribution in [3.8, 4) is 5.75 Å². The van der Waals surface area contributed by atoms with Crippen LogP contribution >= 0.6 is 15.9 Å². The number of benzene rings is 2. The van der Waals surface area contributed by atoms with Crippen LogP contribution in [0.1, 0.15) is 16.7 Å². The second-order valence-electron chi connectivity index (χ2n) is 4.65. The smallest absolute Gasteiger partial charge is 0.129 e. The summed E-state index contributed by atoms with van der Waals surface area (Å²) in [5, 5.41) is 3.05. The molecule has 4 heteroatoms. The summed E-state index contributed by atoms with van der Waals surface area (Å²) in [6.45, 7) is 2.90. The van der Waals surface area contributed by atoms with Crippen molar-refractivity contribution in [3.05, 3.63) is 63.4 Å². The van der Waals surface area contributed by atoms with Gasteiger partial charge in [-0.1, -0.05) is 28.1 Å². The Hall–Kier alpha value is -1.39. The van der Waals surface area contributed by atoms with E-state index in [1.807, 2.05) is 38.2 Å². The van der Waals surface area contributed by atoms with Crippen LogP contribution in [0.4, 0.5) is 4.39 Å². The van der Waals surface area contributed by atoms with Gasteiger partial charge in [0, 0.05) is 16.6 Å². The number of aryl methyl sites for hydroxylation is 1. The number of ether oxygens (including phenoxy) is 1. The fourth-order valence-corrected chi connectivity index (χ4v) is 2.28. The molecule has 0 aliphatic heterocycles. The molecular weight excluding hydrogens is 321 g/mol. The fraction of sp³-hybridized carbons (Fsp3) is 0.250. The highest BCUT2D eigenvalue weighted by atomic mass is 79.9. The summed E-state index contributed by atoms with van der Waals surface area (Å²) >= 11 is 3.41. The molecule has 1 N–H and O–H groups in total. The summed E-state index contributed by atoms with van der Waals surface area (Å²) in [6.07, 6.45) is 0. The summed E-state index contributed by atoms with van der Waals surface area (Å²) in [7, 11) is 1.87. The minimum absolute atomic E-state index is 0.223. The van der Waals surface area contributed by atoms with Crippen molar-refractivity contribution >= 4 is 15.9 Å². The summed E-state index contributed by atoms with van der Waals surface area (Å²) in [6, 6.07) is 10.9. The number of hydrogen-bond donors (Lipinski definition) is 1. The van der Waals surface area contributed by atoms with Crippen molar-refractivity contribution in [1.82, 2.24) is 5.32 Å². The van der Waals surface area contributed by atoms with Gasteiger partial charge in [-0.2, -0.15) is 0 Å². The highest BCUT2D eigenvalue weighted by molar-refractivity contribution is 9.10. The number of hydrogen-bond acceptors (Lipinski definition) is 2. The Kier molecular flexibility index (Phi) is 5.15. The molecule has 0 aromatic heterocycles. The van der Waals surface area contributed by atoms with Crippen molar-refractivity contribution in [2.24, 2.45) is 0 Å². The van der Waals surface area contributed by atoms with Crippen LogP contribution in [0.25, 0.3) is 0 Å². The van der Waals surface area contributed by atoms with Gasteiger partial charge in [0.15, 0.2) is 0 Å². The monoisotopic (exact) mass is 337 g/mol. The molecule has 0 radical (unpaired) electrons. The van der Waals surface area contributed by atoms with E-state index >= 15 is 0 Å². The zero-order valence-electron chi connectivity index (χ0n) is 11.5. The molecule has 0 heterocycles. The van der Waals surface area contributed by atoms with E-state index in [0.717, 1.165) is 21.3 Å². The molecule has 2 aromatic rings. The summed E-state index contributed by atoms with van der Waals surface area (Å²) in [5.74, 6) is 0.523. The first-order chi connectivity index (χ1) is 9.60. The Morgan fingerprint density at radius 2 is 2.00 bits per heavy atom. The molecule has 0 aliphatic rings. The topological polar surface area (TPSA) is 21.3 Å². The molecule has 0 bridgehead atoms. The molecule has 2 aromatic carbocycles. The molecule has 0 fully saturated rings. The lowest BCUT2D eigenvalue weighted by Gasteiger charge is -2.11. The molecule has 20 heavy (non-hydrogen) atoms. The van der Waals surface area contributed by atoms with Crippen molar-refractivity contribution in [2.45, 2.75) is 20.1 Å². The number of nitrogens with one attached hydrogen (secondary N) is 1. The third-order valence-electron chi connectivity index (χ3n) is 3.02. The van der Waals surface area contributed by atoms with Gasteiger partial charge in [-0.15, -0.1) is 0 Å². The maximum absolute atomic E-state index is 13.8. The molecule has 0 atom stereocenters. The predicted octanol–water partition coefficient (Wildman–Crippen LogP) is 4.20. The minimum Gasteiger partial charge on any atom is -0.488 e. The van der Waals surface area contributed by atoms with Crippen LogP contribution in [0, 0.1) is 12.7 Å². The second kappa shape index (κ2) is 6.86. The highest BCUT2D eigenvalue weighted by Gasteiger charge is 2.06. The van der Waals surface area contributed by atoms with Gasteiger partial charge in [-0.25, -0.2) is 4.39 Å². The van der Waals surface area contributed by atoms with Crippen LogP contribution in [-0.2, 0) is 13.2 Å². The number of halogens is 2. The van der Waals surface area contributed by atoms with Crippen molar-refractivity contribution in [1.29, 1.82) is 0 Å². The average molecular weight is 338 g/mol. The van der Waals surface area contributed by atoms with Crippen molar-refractivity contribution in [3.63, 3.8) is 0 Å². The van der Waals surface area contributed by atoms with Gasteiger partial charge in [0.2, 0.25) is 0 Å². The van der Waals surface area contributed by atoms with Crippen LogP contribution in [0.3, 0.4) is 0 Å². The Balaban J connectivity index is 2.13. The SMILES string of the molecule is CNCc1ccc(F)c(COc2cc(Br)ccc2C)c1. The summed E-state index contributed by atoms with van der Waals surface area (Å²) in [5.41, 5.74) is 2.63. The normalized spacial score (nSPS) is 10.6. The summed E-state index contributed by atoms with van der Waals surface area (Å²) < 4.78 is 20.5. The molecule has 0 amide bonds. The Morgan fingerprint density at radius 3 is 2.75 bits per heavy atom. The fourth-order valence-electron chi connectivity index (χ4n) is 1.94. The molecule has 2 nitrogen and oxygen atoms in total. The molecule has 0 aliphatic carbocycles. The second-order valence-corrected chi connectivity index (χ2v) is 5.57. The van der Waals surface area contributed by atoms with Crippen LogP contribution in [0.5, 0.6) is 5.75 Å². The van der Waals surface area contributed by atoms with E-state index < -0.39 is 0 Å². The van der Waals surface area contributed by atoms with E-state index in [-0.39, 0.29) is 12.4 Å². The zero-order valence-corrected chi connectivity index (χ0v) is 13.1. The quantitative estimate of drug-likeness (QED) is 0.882. The molecule has 0 unspecified atom stereocenters. The molecule has 0 saturated heterocycles. The first-order valence-electron chi connectivity index (χ1n) is 6.41. The van der Waals surface area contributed by atoms with Crippen LogP contribution < -0.4 is 10.1 Å². The third-order valence-corrected chi connectivity index (χ3v) is 3.52. The highest BCUT2D eigenvalue weighted by Crippen LogP contribution is 2.24. The Labute approximate surface area is 127 Å². The van der Waals surface area contributed by atoms with E-state index in [2.05, 4.69) is 21.2 Å². The van der Waals surface area contributed by atoms with Gasteiger partial charge in [-0.3, -0.25) is 0 Å². The van der Waals surface area contributed by atoms with Gasteiger partial charge in [0.1, 0.15) is 18.2 Å². The maximum Gasteiger partial charge on any atom is 0.129 e. The molecule has 0 saturated carbocycles. The lowest BCUT2D eigenvalue weighted by atomic mass is 10.1. The maximum atomic E-state index is 13.8. The predicted molar refractivity (Wildman–Crippen MR) is 82.4 cm³/mol. The first kappa shape index (κ1) is 15.0. The molecule has 106 valence electrons. The van der Waals surface area contributed by atoms with E-state index in [4.69, 9.17) is 4.74 Å². The van der Waals surface area contributed by atoms with Gasteiger partial charge >= 0.3 is 0 Å². The van der Waals surface area contributed by atoms with Gasteiger partial charge in [0.25, 0.3) is 0 Å². The molecular formula is C16H17BrFNO. The zero-order chi connectivity index (χ0) is 14.5. The van der Waals surface area contributed by atoms with Crippen LogP contribution in [0.2, 0.25) is 0 Å². The molecule has 0 spiro atoms. The van der Waals surface area contributed by atoms with E-state index in [1.54, 1.807) is 6.07 Å². The Morgan fingerprint density at radius 1 is 1.20 bits per heavy atom. The van der Waals surface area contributed by atoms with Crippen LogP contribution in [0.15, 0.2) is 40.9 Å². The molecule has 2 rings (SSSR count). The summed E-state index contributed by atoms with van der Waals surface area (Å²) in [4.78, 5) is 0. The van der Waals surface area contributed by atoms with E-state index in [9.17, 15) is 4.39 Å². The lowest BCUT2D eigenvalue weighted by molar-refractivity contribution is 0.297. The van der Waals surface area contributed by atoms with Gasteiger partial charge in [-0.05, 0) is 49.4 Å². The average Bonchev–Trinajstić information content (AvgIpc) is 2.43. The lowest BCUT2D eigenvalue weighted by Crippen LogP contribution is -2.07. The van der Waals surface area contributed by atoms with Gasteiger partial charge in [0.05, 0.1) is 0 Å². The standard InChI is InChI=1S/C16H17BrFNO/c1-11-3-5-14(17)8-16(11)20-10-13-7-12(9-19-2)4-6-15(13)18/h3-8,19H,9-10H2,1-2H3. The van der Waals surface area contributed by atoms with Gasteiger partial charge < -0.3 is 10.1 Å². The largest absolute Gasteiger partial charge is 0.488 e. The van der Waals surface area contributed by atoms with E-state index in [1.165, 1.54) is 6.07 Å². The van der Waals surface area contributed by atoms with Crippen molar-refractivity contribution < 1.29 is 9.13 Å². The van der Waals surface area contributed by atoms with Crippen molar-refractivity contribution in [2.75, 3.05) is 7.05 Å². The third kappa shape index (κ3) is 3.81. The number of rotatable bonds is 5. The van der Waals surface area contributed by atoms with Crippen LogP contribution in [-0.4, -0.2) is 7.05 Å². The first-order valence-corrected chi connectivity index (χ1v) is 7.20.